The zero-order valence-corrected chi connectivity index (χ0v) is 19.3. The van der Waals surface area contributed by atoms with Crippen LogP contribution >= 0.6 is 0 Å². The number of hydrogen-bond acceptors (Lipinski definition) is 6. The van der Waals surface area contributed by atoms with E-state index < -0.39 is 5.82 Å². The number of pyridine rings is 2. The SMILES string of the molecule is CC(C)C(=O)Nc1cncc(-c2ncc3[nH]nc(-c4nc5c(-c6ccoc6)cccc5[nH]4)c3c2F)c1. The molecule has 0 aliphatic heterocycles. The number of nitrogens with zero attached hydrogens (tertiary/aromatic N) is 4. The van der Waals surface area contributed by atoms with Crippen LogP contribution in [0.3, 0.4) is 0 Å². The molecule has 1 aromatic carbocycles. The highest BCUT2D eigenvalue weighted by Crippen LogP contribution is 2.34. The molecule has 3 N–H and O–H groups in total. The standard InChI is InChI=1S/C26H20FN7O2/c1-13(2)26(35)30-16-8-15(9-28-10-16)22-21(27)20-19(11-29-22)33-34-24(20)25-31-18-5-3-4-17(23(18)32-25)14-6-7-36-12-14/h3-13H,1-2H3,(H,30,35)(H,31,32)(H,33,34). The fourth-order valence-corrected chi connectivity index (χ4v) is 4.07. The molecule has 0 saturated heterocycles. The van der Waals surface area contributed by atoms with Crippen molar-refractivity contribution >= 4 is 33.5 Å². The predicted octanol–water partition coefficient (Wildman–Crippen LogP) is 5.56. The van der Waals surface area contributed by atoms with Gasteiger partial charge in [-0.2, -0.15) is 5.10 Å². The van der Waals surface area contributed by atoms with Gasteiger partial charge in [-0.05, 0) is 18.2 Å². The molecular formula is C26H20FN7O2. The summed E-state index contributed by atoms with van der Waals surface area (Å²) in [5.74, 6) is -0.513. The quantitative estimate of drug-likeness (QED) is 0.296. The average Bonchev–Trinajstić information content (AvgIpc) is 3.63. The van der Waals surface area contributed by atoms with Gasteiger partial charge in [0.15, 0.2) is 11.6 Å². The van der Waals surface area contributed by atoms with Crippen LogP contribution in [0.15, 0.2) is 65.9 Å². The molecule has 6 aromatic rings. The molecule has 0 unspecified atom stereocenters. The Hall–Kier alpha value is -4.86. The number of furan rings is 1. The smallest absolute Gasteiger partial charge is 0.226 e. The molecule has 10 heteroatoms. The van der Waals surface area contributed by atoms with Crippen LogP contribution in [-0.4, -0.2) is 36.0 Å². The number of carbonyl (C=O) groups is 1. The van der Waals surface area contributed by atoms with E-state index in [1.165, 1.54) is 18.6 Å². The maximum absolute atomic E-state index is 15.9. The molecule has 1 amide bonds. The lowest BCUT2D eigenvalue weighted by Crippen LogP contribution is -2.17. The molecule has 0 atom stereocenters. The van der Waals surface area contributed by atoms with Crippen molar-refractivity contribution in [1.29, 1.82) is 0 Å². The van der Waals surface area contributed by atoms with Crippen LogP contribution in [0.5, 0.6) is 0 Å². The Labute approximate surface area is 203 Å². The molecule has 178 valence electrons. The number of benzene rings is 1. The van der Waals surface area contributed by atoms with Crippen molar-refractivity contribution in [3.63, 3.8) is 0 Å². The number of aromatic nitrogens is 6. The number of nitrogens with one attached hydrogen (secondary N) is 3. The van der Waals surface area contributed by atoms with Gasteiger partial charge < -0.3 is 14.7 Å². The molecule has 36 heavy (non-hydrogen) atoms. The first-order chi connectivity index (χ1) is 17.5. The summed E-state index contributed by atoms with van der Waals surface area (Å²) in [7, 11) is 0. The van der Waals surface area contributed by atoms with Crippen LogP contribution in [0.2, 0.25) is 0 Å². The van der Waals surface area contributed by atoms with Gasteiger partial charge in [0.1, 0.15) is 11.4 Å². The summed E-state index contributed by atoms with van der Waals surface area (Å²) in [6.07, 6.45) is 7.78. The third-order valence-electron chi connectivity index (χ3n) is 5.92. The van der Waals surface area contributed by atoms with Crippen molar-refractivity contribution in [3.05, 3.63) is 67.3 Å². The molecule has 9 nitrogen and oxygen atoms in total. The predicted molar refractivity (Wildman–Crippen MR) is 133 cm³/mol. The maximum Gasteiger partial charge on any atom is 0.226 e. The number of H-pyrrole nitrogens is 2. The Morgan fingerprint density at radius 3 is 2.78 bits per heavy atom. The van der Waals surface area contributed by atoms with Crippen LogP contribution in [0.4, 0.5) is 10.1 Å². The number of imidazole rings is 1. The second-order valence-corrected chi connectivity index (χ2v) is 8.69. The highest BCUT2D eigenvalue weighted by Gasteiger charge is 2.21. The minimum absolute atomic E-state index is 0.0912. The van der Waals surface area contributed by atoms with Crippen molar-refractivity contribution in [2.75, 3.05) is 5.32 Å². The van der Waals surface area contributed by atoms with Crippen LogP contribution in [0.1, 0.15) is 13.8 Å². The van der Waals surface area contributed by atoms with Gasteiger partial charge in [-0.15, -0.1) is 0 Å². The fraction of sp³-hybridized carbons (Fsp3) is 0.115. The van der Waals surface area contributed by atoms with E-state index in [0.29, 0.717) is 28.3 Å². The molecule has 0 saturated carbocycles. The van der Waals surface area contributed by atoms with Gasteiger partial charge in [0.25, 0.3) is 0 Å². The van der Waals surface area contributed by atoms with Gasteiger partial charge in [0.2, 0.25) is 5.91 Å². The van der Waals surface area contributed by atoms with E-state index in [2.05, 4.69) is 30.5 Å². The maximum atomic E-state index is 15.9. The Morgan fingerprint density at radius 1 is 1.08 bits per heavy atom. The second kappa shape index (κ2) is 8.42. The van der Waals surface area contributed by atoms with E-state index in [4.69, 9.17) is 9.40 Å². The Kier molecular flexibility index (Phi) is 5.06. The fourth-order valence-electron chi connectivity index (χ4n) is 4.07. The number of carbonyl (C=O) groups excluding carboxylic acids is 1. The van der Waals surface area contributed by atoms with Gasteiger partial charge in [-0.3, -0.25) is 19.9 Å². The number of anilines is 1. The topological polar surface area (TPSA) is 125 Å². The number of hydrogen-bond donors (Lipinski definition) is 3. The number of aromatic amines is 2. The summed E-state index contributed by atoms with van der Waals surface area (Å²) in [5.41, 5.74) is 5.02. The zero-order valence-electron chi connectivity index (χ0n) is 19.3. The first-order valence-corrected chi connectivity index (χ1v) is 11.3. The number of para-hydroxylation sites is 1. The third-order valence-corrected chi connectivity index (χ3v) is 5.92. The summed E-state index contributed by atoms with van der Waals surface area (Å²) >= 11 is 0. The number of amides is 1. The van der Waals surface area contributed by atoms with Crippen molar-refractivity contribution in [1.82, 2.24) is 30.1 Å². The van der Waals surface area contributed by atoms with Crippen LogP contribution in [0, 0.1) is 11.7 Å². The molecule has 0 aliphatic rings. The summed E-state index contributed by atoms with van der Waals surface area (Å²) in [5, 5.41) is 10.2. The van der Waals surface area contributed by atoms with E-state index in [0.717, 1.165) is 22.2 Å². The van der Waals surface area contributed by atoms with Gasteiger partial charge >= 0.3 is 0 Å². The van der Waals surface area contributed by atoms with E-state index >= 15 is 4.39 Å². The third kappa shape index (κ3) is 3.59. The van der Waals surface area contributed by atoms with Gasteiger partial charge in [0, 0.05) is 28.8 Å². The van der Waals surface area contributed by atoms with Crippen LogP contribution in [-0.2, 0) is 4.79 Å². The Morgan fingerprint density at radius 2 is 1.97 bits per heavy atom. The number of rotatable bonds is 5. The minimum Gasteiger partial charge on any atom is -0.472 e. The molecule has 5 heterocycles. The van der Waals surface area contributed by atoms with Crippen molar-refractivity contribution in [2.45, 2.75) is 13.8 Å². The molecule has 0 bridgehead atoms. The Bertz CT molecular complexity index is 1730. The molecule has 0 fully saturated rings. The summed E-state index contributed by atoms with van der Waals surface area (Å²) in [4.78, 5) is 28.5. The first-order valence-electron chi connectivity index (χ1n) is 11.3. The van der Waals surface area contributed by atoms with Gasteiger partial charge in [-0.25, -0.2) is 9.37 Å². The van der Waals surface area contributed by atoms with Crippen LogP contribution < -0.4 is 5.32 Å². The molecule has 0 aliphatic carbocycles. The highest BCUT2D eigenvalue weighted by molar-refractivity contribution is 5.98. The van der Waals surface area contributed by atoms with Crippen LogP contribution in [0.25, 0.3) is 55.8 Å². The molecule has 0 radical (unpaired) electrons. The largest absolute Gasteiger partial charge is 0.472 e. The van der Waals surface area contributed by atoms with Crippen molar-refractivity contribution in [2.24, 2.45) is 5.92 Å². The van der Waals surface area contributed by atoms with E-state index in [1.807, 2.05) is 24.3 Å². The highest BCUT2D eigenvalue weighted by atomic mass is 19.1. The lowest BCUT2D eigenvalue weighted by molar-refractivity contribution is -0.118. The second-order valence-electron chi connectivity index (χ2n) is 8.69. The monoisotopic (exact) mass is 481 g/mol. The van der Waals surface area contributed by atoms with E-state index in [1.54, 1.807) is 32.4 Å². The average molecular weight is 481 g/mol. The van der Waals surface area contributed by atoms with Crippen molar-refractivity contribution in [3.8, 4) is 33.9 Å². The lowest BCUT2D eigenvalue weighted by atomic mass is 10.1. The summed E-state index contributed by atoms with van der Waals surface area (Å²) < 4.78 is 21.1. The van der Waals surface area contributed by atoms with Crippen molar-refractivity contribution < 1.29 is 13.6 Å². The molecule has 6 rings (SSSR count). The lowest BCUT2D eigenvalue weighted by Gasteiger charge is -2.09. The minimum atomic E-state index is -0.569. The summed E-state index contributed by atoms with van der Waals surface area (Å²) in [6.45, 7) is 3.58. The van der Waals surface area contributed by atoms with E-state index in [9.17, 15) is 4.79 Å². The zero-order chi connectivity index (χ0) is 24.8. The Balaban J connectivity index is 1.46. The van der Waals surface area contributed by atoms with Gasteiger partial charge in [0.05, 0.1) is 52.5 Å². The normalized spacial score (nSPS) is 11.6. The molecule has 5 aromatic heterocycles. The number of halogens is 1. The number of fused-ring (bicyclic) bond motifs is 2. The molecule has 0 spiro atoms. The summed E-state index contributed by atoms with van der Waals surface area (Å²) in [6, 6.07) is 9.26. The van der Waals surface area contributed by atoms with Gasteiger partial charge in [-0.1, -0.05) is 26.0 Å². The van der Waals surface area contributed by atoms with E-state index in [-0.39, 0.29) is 22.9 Å². The molecular weight excluding hydrogens is 461 g/mol. The first kappa shape index (κ1) is 21.7.